The highest BCUT2D eigenvalue weighted by Crippen LogP contribution is 2.09. The van der Waals surface area contributed by atoms with Crippen LogP contribution in [0.2, 0.25) is 0 Å². The second-order valence-corrected chi connectivity index (χ2v) is 7.68. The van der Waals surface area contributed by atoms with E-state index in [1.807, 2.05) is 83.7 Å². The molecule has 174 valence electrons. The molecule has 0 saturated heterocycles. The Labute approximate surface area is 204 Å². The molecule has 0 atom stereocenters. The fourth-order valence-corrected chi connectivity index (χ4v) is 3.15. The third-order valence-electron chi connectivity index (χ3n) is 4.70. The molecular weight excluding hydrogens is 459 g/mol. The monoisotopic (exact) mass is 486 g/mol. The van der Waals surface area contributed by atoms with Crippen molar-refractivity contribution in [1.82, 2.24) is 9.13 Å². The smallest absolute Gasteiger partial charge is 0.354 e. The molecule has 0 amide bonds. The topological polar surface area (TPSA) is 56.4 Å². The number of ether oxygens (including phenoxy) is 1. The summed E-state index contributed by atoms with van der Waals surface area (Å²) >= 11 is 9.53. The molecule has 0 bridgehead atoms. The maximum Gasteiger partial charge on any atom is 0.354 e. The molecule has 33 heavy (non-hydrogen) atoms. The van der Waals surface area contributed by atoms with Gasteiger partial charge in [0.25, 0.3) is 0 Å². The minimum absolute atomic E-state index is 0.0971. The fourth-order valence-electron chi connectivity index (χ4n) is 3.15. The van der Waals surface area contributed by atoms with Crippen molar-refractivity contribution in [3.05, 3.63) is 120 Å². The lowest BCUT2D eigenvalue weighted by Gasteiger charge is -2.07. The molecule has 0 aliphatic rings. The van der Waals surface area contributed by atoms with E-state index in [0.717, 1.165) is 17.8 Å². The van der Waals surface area contributed by atoms with Crippen molar-refractivity contribution in [1.29, 1.82) is 0 Å². The Hall–Kier alpha value is -2.99. The number of esters is 1. The highest BCUT2D eigenvalue weighted by Gasteiger charge is 2.10. The van der Waals surface area contributed by atoms with Crippen LogP contribution in [0.1, 0.15) is 27.3 Å². The zero-order valence-electron chi connectivity index (χ0n) is 18.5. The lowest BCUT2D eigenvalue weighted by atomic mass is 10.2. The van der Waals surface area contributed by atoms with E-state index in [2.05, 4.69) is 16.7 Å². The number of hydrogen-bond acceptors (Lipinski definition) is 3. The highest BCUT2D eigenvalue weighted by molar-refractivity contribution is 6.40. The van der Waals surface area contributed by atoms with Crippen LogP contribution < -0.4 is 0 Å². The largest absolute Gasteiger partial charge is 0.464 e. The number of carbonyl (C=O) groups excluding carboxylic acids is 1. The number of benzene rings is 2. The normalized spacial score (nSPS) is 9.82. The second-order valence-electron chi connectivity index (χ2n) is 6.87. The van der Waals surface area contributed by atoms with Crippen molar-refractivity contribution >= 4 is 29.2 Å². The SMILES string of the molecule is COC(=O)c1cccn1Cc1ccccc1.ClCCl.OCc1cccn1Cc1ccccc1. The van der Waals surface area contributed by atoms with E-state index in [-0.39, 0.29) is 17.9 Å². The first-order valence-electron chi connectivity index (χ1n) is 10.3. The zero-order chi connectivity index (χ0) is 23.9. The van der Waals surface area contributed by atoms with Gasteiger partial charge in [0.2, 0.25) is 0 Å². The molecule has 4 rings (SSSR count). The summed E-state index contributed by atoms with van der Waals surface area (Å²) in [5.74, 6) is -0.305. The molecule has 0 saturated carbocycles. The maximum atomic E-state index is 11.4. The van der Waals surface area contributed by atoms with Gasteiger partial charge < -0.3 is 19.0 Å². The van der Waals surface area contributed by atoms with Crippen molar-refractivity contribution in [2.24, 2.45) is 0 Å². The van der Waals surface area contributed by atoms with Crippen LogP contribution in [0.4, 0.5) is 0 Å². The molecule has 0 aliphatic heterocycles. The number of carbonyl (C=O) groups is 1. The summed E-state index contributed by atoms with van der Waals surface area (Å²) in [6, 6.07) is 27.7. The predicted octanol–water partition coefficient (Wildman–Crippen LogP) is 5.77. The van der Waals surface area contributed by atoms with Crippen molar-refractivity contribution in [3.8, 4) is 0 Å². The molecule has 0 radical (unpaired) electrons. The number of hydrogen-bond donors (Lipinski definition) is 1. The first kappa shape index (κ1) is 26.3. The summed E-state index contributed by atoms with van der Waals surface area (Å²) in [7, 11) is 1.39. The van der Waals surface area contributed by atoms with E-state index in [1.165, 1.54) is 12.7 Å². The lowest BCUT2D eigenvalue weighted by Crippen LogP contribution is -2.10. The number of alkyl halides is 2. The average molecular weight is 487 g/mol. The van der Waals surface area contributed by atoms with Gasteiger partial charge in [0.1, 0.15) is 5.69 Å². The van der Waals surface area contributed by atoms with Crippen molar-refractivity contribution < 1.29 is 14.6 Å². The van der Waals surface area contributed by atoms with Gasteiger partial charge in [-0.2, -0.15) is 0 Å². The number of methoxy groups -OCH3 is 1. The molecule has 0 aliphatic carbocycles. The molecule has 0 spiro atoms. The number of aliphatic hydroxyl groups excluding tert-OH is 1. The van der Waals surface area contributed by atoms with Gasteiger partial charge in [-0.05, 0) is 35.4 Å². The minimum Gasteiger partial charge on any atom is -0.464 e. The van der Waals surface area contributed by atoms with E-state index in [1.54, 1.807) is 6.07 Å². The molecule has 2 aromatic heterocycles. The van der Waals surface area contributed by atoms with Gasteiger partial charge in [0.15, 0.2) is 0 Å². The van der Waals surface area contributed by atoms with Gasteiger partial charge in [-0.3, -0.25) is 0 Å². The number of nitrogens with zero attached hydrogens (tertiary/aromatic N) is 2. The molecule has 2 aromatic carbocycles. The van der Waals surface area contributed by atoms with Crippen molar-refractivity contribution in [3.63, 3.8) is 0 Å². The average Bonchev–Trinajstić information content (AvgIpc) is 3.50. The number of rotatable bonds is 6. The van der Waals surface area contributed by atoms with Crippen LogP contribution in [0.15, 0.2) is 97.3 Å². The first-order valence-corrected chi connectivity index (χ1v) is 11.4. The van der Waals surface area contributed by atoms with E-state index in [9.17, 15) is 4.79 Å². The van der Waals surface area contributed by atoms with Crippen LogP contribution in [0.3, 0.4) is 0 Å². The molecule has 0 fully saturated rings. The summed E-state index contributed by atoms with van der Waals surface area (Å²) < 4.78 is 8.64. The number of aromatic nitrogens is 2. The van der Waals surface area contributed by atoms with E-state index in [0.29, 0.717) is 12.2 Å². The summed E-state index contributed by atoms with van der Waals surface area (Å²) in [5.41, 5.74) is 3.93. The highest BCUT2D eigenvalue weighted by atomic mass is 35.5. The van der Waals surface area contributed by atoms with Gasteiger partial charge >= 0.3 is 5.97 Å². The number of halogens is 2. The van der Waals surface area contributed by atoms with Gasteiger partial charge in [-0.25, -0.2) is 4.79 Å². The van der Waals surface area contributed by atoms with Crippen molar-refractivity contribution in [2.45, 2.75) is 19.7 Å². The Bertz CT molecular complexity index is 1060. The standard InChI is InChI=1S/C13H13NO2.C12H13NO.CH2Cl2/c1-16-13(15)12-8-5-9-14(12)10-11-6-3-2-4-7-11;14-10-12-7-4-8-13(12)9-11-5-2-1-3-6-11;2-1-3/h2-9H,10H2,1H3;1-8,14H,9-10H2;1H2. The Morgan fingerprint density at radius 2 is 1.27 bits per heavy atom. The van der Waals surface area contributed by atoms with E-state index in [4.69, 9.17) is 33.0 Å². The Balaban J connectivity index is 0.000000210. The summed E-state index contributed by atoms with van der Waals surface area (Å²) in [6.45, 7) is 1.60. The number of aliphatic hydroxyl groups is 1. The molecule has 5 nitrogen and oxygen atoms in total. The molecule has 1 N–H and O–H groups in total. The Kier molecular flexibility index (Phi) is 11.9. The molecule has 0 unspecified atom stereocenters. The quantitative estimate of drug-likeness (QED) is 0.277. The van der Waals surface area contributed by atoms with Gasteiger partial charge in [0.05, 0.1) is 19.1 Å². The minimum atomic E-state index is -0.305. The zero-order valence-corrected chi connectivity index (χ0v) is 20.0. The molecular formula is C26H28Cl2N2O3. The van der Waals surface area contributed by atoms with Gasteiger partial charge in [-0.15, -0.1) is 23.2 Å². The van der Waals surface area contributed by atoms with Gasteiger partial charge in [-0.1, -0.05) is 60.7 Å². The predicted molar refractivity (Wildman–Crippen MR) is 134 cm³/mol. The molecule has 2 heterocycles. The summed E-state index contributed by atoms with van der Waals surface area (Å²) in [6.07, 6.45) is 3.86. The summed E-state index contributed by atoms with van der Waals surface area (Å²) in [4.78, 5) is 11.4. The lowest BCUT2D eigenvalue weighted by molar-refractivity contribution is 0.0589. The van der Waals surface area contributed by atoms with Crippen LogP contribution >= 0.6 is 23.2 Å². The van der Waals surface area contributed by atoms with Crippen LogP contribution in [-0.2, 0) is 24.4 Å². The molecule has 4 aromatic rings. The molecule has 7 heteroatoms. The van der Waals surface area contributed by atoms with E-state index < -0.39 is 0 Å². The van der Waals surface area contributed by atoms with Crippen LogP contribution in [-0.4, -0.2) is 32.7 Å². The first-order chi connectivity index (χ1) is 16.1. The maximum absolute atomic E-state index is 11.4. The van der Waals surface area contributed by atoms with Crippen LogP contribution in [0.5, 0.6) is 0 Å². The van der Waals surface area contributed by atoms with Gasteiger partial charge in [0, 0.05) is 31.2 Å². The Morgan fingerprint density at radius 3 is 1.79 bits per heavy atom. The summed E-state index contributed by atoms with van der Waals surface area (Å²) in [5, 5.41) is 9.26. The third kappa shape index (κ3) is 8.81. The van der Waals surface area contributed by atoms with E-state index >= 15 is 0 Å². The second kappa shape index (κ2) is 15.0. The Morgan fingerprint density at radius 1 is 0.788 bits per heavy atom. The van der Waals surface area contributed by atoms with Crippen LogP contribution in [0, 0.1) is 0 Å². The fraction of sp³-hybridized carbons (Fsp3) is 0.192. The van der Waals surface area contributed by atoms with Crippen LogP contribution in [0.25, 0.3) is 0 Å². The third-order valence-corrected chi connectivity index (χ3v) is 4.70. The van der Waals surface area contributed by atoms with Crippen molar-refractivity contribution in [2.75, 3.05) is 12.4 Å².